The molecule has 1 heterocycles. The first kappa shape index (κ1) is 11.2. The van der Waals surface area contributed by atoms with Gasteiger partial charge in [-0.2, -0.15) is 0 Å². The second-order valence-electron chi connectivity index (χ2n) is 3.45. The van der Waals surface area contributed by atoms with E-state index in [0.717, 1.165) is 5.92 Å². The smallest absolute Gasteiger partial charge is 0.00196 e. The van der Waals surface area contributed by atoms with Crippen molar-refractivity contribution in [1.82, 2.24) is 10.2 Å². The van der Waals surface area contributed by atoms with E-state index in [0.29, 0.717) is 0 Å². The summed E-state index contributed by atoms with van der Waals surface area (Å²) in [6, 6.07) is 0. The monoisotopic (exact) mass is 178 g/mol. The molecule has 2 nitrogen and oxygen atoms in total. The lowest BCUT2D eigenvalue weighted by Gasteiger charge is -2.12. The number of nitrogens with one attached hydrogen (secondary N) is 1. The highest BCUT2D eigenvalue weighted by Gasteiger charge is 2.13. The lowest BCUT2D eigenvalue weighted by molar-refractivity contribution is 0.360. The maximum atomic E-state index is 3.38. The quantitative estimate of drug-likeness (QED) is 0.693. The van der Waals surface area contributed by atoms with Crippen molar-refractivity contribution in [2.45, 2.75) is 12.8 Å². The second kappa shape index (κ2) is 5.81. The van der Waals surface area contributed by atoms with E-state index < -0.39 is 0 Å². The molecule has 1 fully saturated rings. The fourth-order valence-electron chi connectivity index (χ4n) is 1.40. The van der Waals surface area contributed by atoms with Crippen LogP contribution in [0, 0.1) is 5.92 Å². The molecule has 1 aliphatic heterocycles. The maximum absolute atomic E-state index is 3.38. The molecule has 0 spiro atoms. The lowest BCUT2D eigenvalue weighted by Crippen LogP contribution is -2.18. The van der Waals surface area contributed by atoms with Gasteiger partial charge in [0.1, 0.15) is 0 Å². The molecule has 0 amide bonds. The van der Waals surface area contributed by atoms with E-state index in [2.05, 4.69) is 24.3 Å². The molecule has 0 aliphatic carbocycles. The minimum absolute atomic E-state index is 0. The van der Waals surface area contributed by atoms with Crippen molar-refractivity contribution in [3.05, 3.63) is 0 Å². The predicted octanol–water partition coefficient (Wildman–Crippen LogP) is 0.969. The molecular formula is C8H19ClN2. The molecule has 1 N–H and O–H groups in total. The molecule has 3 heteroatoms. The van der Waals surface area contributed by atoms with Gasteiger partial charge in [-0.3, -0.25) is 0 Å². The Hall–Kier alpha value is 0.210. The largest absolute Gasteiger partial charge is 0.316 e. The van der Waals surface area contributed by atoms with Crippen LogP contribution in [0.15, 0.2) is 0 Å². The van der Waals surface area contributed by atoms with Gasteiger partial charge in [-0.05, 0) is 52.5 Å². The Morgan fingerprint density at radius 1 is 1.45 bits per heavy atom. The first-order valence-electron chi connectivity index (χ1n) is 4.14. The molecule has 0 saturated carbocycles. The zero-order valence-electron chi connectivity index (χ0n) is 7.47. The summed E-state index contributed by atoms with van der Waals surface area (Å²) in [6.07, 6.45) is 2.74. The predicted molar refractivity (Wildman–Crippen MR) is 51.4 cm³/mol. The molecule has 1 aliphatic rings. The Kier molecular flexibility index (Phi) is 5.92. The molecule has 1 rings (SSSR count). The average molecular weight is 179 g/mol. The van der Waals surface area contributed by atoms with Gasteiger partial charge < -0.3 is 10.2 Å². The van der Waals surface area contributed by atoms with Crippen molar-refractivity contribution in [2.24, 2.45) is 5.92 Å². The molecule has 0 radical (unpaired) electrons. The molecule has 1 atom stereocenters. The van der Waals surface area contributed by atoms with Gasteiger partial charge in [-0.15, -0.1) is 12.4 Å². The fourth-order valence-corrected chi connectivity index (χ4v) is 1.40. The van der Waals surface area contributed by atoms with Crippen LogP contribution in [-0.4, -0.2) is 38.6 Å². The van der Waals surface area contributed by atoms with Crippen molar-refractivity contribution < 1.29 is 0 Å². The molecule has 68 valence electrons. The highest BCUT2D eigenvalue weighted by Crippen LogP contribution is 2.11. The fraction of sp³-hybridized carbons (Fsp3) is 1.00. The second-order valence-corrected chi connectivity index (χ2v) is 3.45. The summed E-state index contributed by atoms with van der Waals surface area (Å²) in [5.41, 5.74) is 0. The maximum Gasteiger partial charge on any atom is -0.00196 e. The van der Waals surface area contributed by atoms with Gasteiger partial charge in [-0.25, -0.2) is 0 Å². The summed E-state index contributed by atoms with van der Waals surface area (Å²) in [6.45, 7) is 3.72. The van der Waals surface area contributed by atoms with Gasteiger partial charge in [0.05, 0.1) is 0 Å². The van der Waals surface area contributed by atoms with Gasteiger partial charge in [0, 0.05) is 0 Å². The van der Waals surface area contributed by atoms with Crippen molar-refractivity contribution in [3.8, 4) is 0 Å². The highest BCUT2D eigenvalue weighted by molar-refractivity contribution is 5.85. The van der Waals surface area contributed by atoms with Gasteiger partial charge in [0.2, 0.25) is 0 Å². The zero-order valence-corrected chi connectivity index (χ0v) is 8.28. The first-order valence-corrected chi connectivity index (χ1v) is 4.14. The van der Waals surface area contributed by atoms with Crippen molar-refractivity contribution >= 4 is 12.4 Å². The zero-order chi connectivity index (χ0) is 7.40. The van der Waals surface area contributed by atoms with E-state index in [4.69, 9.17) is 0 Å². The van der Waals surface area contributed by atoms with Crippen LogP contribution in [-0.2, 0) is 0 Å². The summed E-state index contributed by atoms with van der Waals surface area (Å²) in [5, 5.41) is 3.38. The summed E-state index contributed by atoms with van der Waals surface area (Å²) in [4.78, 5) is 2.26. The summed E-state index contributed by atoms with van der Waals surface area (Å²) in [5.74, 6) is 0.947. The van der Waals surface area contributed by atoms with Crippen molar-refractivity contribution in [2.75, 3.05) is 33.7 Å². The highest BCUT2D eigenvalue weighted by atomic mass is 35.5. The van der Waals surface area contributed by atoms with Gasteiger partial charge in [0.15, 0.2) is 0 Å². The van der Waals surface area contributed by atoms with Gasteiger partial charge >= 0.3 is 0 Å². The summed E-state index contributed by atoms with van der Waals surface area (Å²) < 4.78 is 0. The van der Waals surface area contributed by atoms with Crippen LogP contribution < -0.4 is 5.32 Å². The Bertz CT molecular complexity index is 90.1. The molecule has 0 aromatic rings. The molecule has 1 saturated heterocycles. The van der Waals surface area contributed by atoms with Crippen LogP contribution in [0.3, 0.4) is 0 Å². The molecule has 0 aromatic carbocycles. The van der Waals surface area contributed by atoms with Crippen LogP contribution in [0.1, 0.15) is 12.8 Å². The molecule has 11 heavy (non-hydrogen) atoms. The van der Waals surface area contributed by atoms with Gasteiger partial charge in [-0.1, -0.05) is 0 Å². The van der Waals surface area contributed by atoms with E-state index in [1.54, 1.807) is 0 Å². The number of halogens is 1. The topological polar surface area (TPSA) is 15.3 Å². The Labute approximate surface area is 75.8 Å². The van der Waals surface area contributed by atoms with Crippen molar-refractivity contribution in [3.63, 3.8) is 0 Å². The molecular weight excluding hydrogens is 160 g/mol. The third kappa shape index (κ3) is 4.62. The number of nitrogens with zero attached hydrogens (tertiary/aromatic N) is 1. The number of rotatable bonds is 3. The van der Waals surface area contributed by atoms with E-state index in [-0.39, 0.29) is 12.4 Å². The van der Waals surface area contributed by atoms with E-state index >= 15 is 0 Å². The lowest BCUT2D eigenvalue weighted by atomic mass is 10.1. The van der Waals surface area contributed by atoms with Crippen LogP contribution >= 0.6 is 12.4 Å². The van der Waals surface area contributed by atoms with Crippen LogP contribution in [0.2, 0.25) is 0 Å². The Balaban J connectivity index is 0.000001000. The standard InChI is InChI=1S/C8H18N2.ClH/c1-10(2)6-4-8-3-5-9-7-8;/h8-9H,3-7H2,1-2H3;1H. The average Bonchev–Trinajstić information content (AvgIpc) is 2.34. The molecule has 1 unspecified atom stereocenters. The SMILES string of the molecule is CN(C)CCC1CCNC1.Cl. The summed E-state index contributed by atoms with van der Waals surface area (Å²) >= 11 is 0. The van der Waals surface area contributed by atoms with E-state index in [1.807, 2.05) is 0 Å². The summed E-state index contributed by atoms with van der Waals surface area (Å²) in [7, 11) is 4.28. The molecule has 0 aromatic heterocycles. The Morgan fingerprint density at radius 2 is 2.18 bits per heavy atom. The Morgan fingerprint density at radius 3 is 2.64 bits per heavy atom. The van der Waals surface area contributed by atoms with Crippen molar-refractivity contribution in [1.29, 1.82) is 0 Å². The van der Waals surface area contributed by atoms with Gasteiger partial charge in [0.25, 0.3) is 0 Å². The normalized spacial score (nSPS) is 23.7. The van der Waals surface area contributed by atoms with E-state index in [1.165, 1.54) is 32.5 Å². The number of hydrogen-bond acceptors (Lipinski definition) is 2. The van der Waals surface area contributed by atoms with Crippen LogP contribution in [0.4, 0.5) is 0 Å². The minimum atomic E-state index is 0. The number of hydrogen-bond donors (Lipinski definition) is 1. The van der Waals surface area contributed by atoms with Crippen LogP contribution in [0.25, 0.3) is 0 Å². The first-order chi connectivity index (χ1) is 4.79. The van der Waals surface area contributed by atoms with E-state index in [9.17, 15) is 0 Å². The third-order valence-electron chi connectivity index (χ3n) is 2.15. The third-order valence-corrected chi connectivity index (χ3v) is 2.15. The molecule has 0 bridgehead atoms. The van der Waals surface area contributed by atoms with Crippen LogP contribution in [0.5, 0.6) is 0 Å². The minimum Gasteiger partial charge on any atom is -0.316 e.